The third-order valence-corrected chi connectivity index (χ3v) is 8.81. The molecule has 42 heavy (non-hydrogen) atoms. The highest BCUT2D eigenvalue weighted by atomic mass is 32.2. The van der Waals surface area contributed by atoms with Crippen LogP contribution in [0.4, 0.5) is 5.69 Å². The molecule has 0 bridgehead atoms. The predicted molar refractivity (Wildman–Crippen MR) is 165 cm³/mol. The molecule has 3 aromatic rings. The van der Waals surface area contributed by atoms with Gasteiger partial charge in [0.15, 0.2) is 5.78 Å². The number of hydrogen-bond acceptors (Lipinski definition) is 5. The summed E-state index contributed by atoms with van der Waals surface area (Å²) in [6.45, 7) is 2.97. The van der Waals surface area contributed by atoms with E-state index in [1.807, 2.05) is 61.5 Å². The molecule has 0 aromatic heterocycles. The average molecular weight is 590 g/mol. The highest BCUT2D eigenvalue weighted by Gasteiger charge is 2.34. The Balaban J connectivity index is 1.73. The second-order valence-corrected chi connectivity index (χ2v) is 13.0. The van der Waals surface area contributed by atoms with Crippen molar-refractivity contribution in [3.8, 4) is 0 Å². The molecule has 4 rings (SSSR count). The van der Waals surface area contributed by atoms with Crippen molar-refractivity contribution in [2.45, 2.75) is 64.6 Å². The topological polar surface area (TPSA) is 104 Å². The van der Waals surface area contributed by atoms with Gasteiger partial charge in [-0.3, -0.25) is 18.7 Å². The van der Waals surface area contributed by atoms with Crippen LogP contribution in [0.15, 0.2) is 78.9 Å². The second-order valence-electron chi connectivity index (χ2n) is 11.1. The molecule has 1 aliphatic carbocycles. The van der Waals surface area contributed by atoms with Crippen LogP contribution in [0.3, 0.4) is 0 Å². The van der Waals surface area contributed by atoms with Crippen LogP contribution in [-0.4, -0.2) is 55.8 Å². The molecule has 0 unspecified atom stereocenters. The fourth-order valence-electron chi connectivity index (χ4n) is 5.31. The van der Waals surface area contributed by atoms with Crippen LogP contribution in [0.5, 0.6) is 0 Å². The van der Waals surface area contributed by atoms with Crippen molar-refractivity contribution in [1.82, 2.24) is 10.2 Å². The normalized spacial score (nSPS) is 14.3. The molecule has 1 fully saturated rings. The maximum Gasteiger partial charge on any atom is 0.244 e. The molecule has 0 heterocycles. The first-order valence-corrected chi connectivity index (χ1v) is 16.1. The minimum absolute atomic E-state index is 0.0499. The number of anilines is 1. The number of carbonyl (C=O) groups is 3. The van der Waals surface area contributed by atoms with Gasteiger partial charge >= 0.3 is 0 Å². The number of Topliss-reactive ketones (excluding diaryl/α,β-unsaturated/α-hetero) is 1. The molecular weight excluding hydrogens is 550 g/mol. The molecule has 1 N–H and O–H groups in total. The summed E-state index contributed by atoms with van der Waals surface area (Å²) in [6.07, 6.45) is 5.18. The van der Waals surface area contributed by atoms with E-state index in [0.29, 0.717) is 5.56 Å². The zero-order chi connectivity index (χ0) is 30.3. The Morgan fingerprint density at radius 2 is 1.57 bits per heavy atom. The highest BCUT2D eigenvalue weighted by Crippen LogP contribution is 2.23. The third kappa shape index (κ3) is 8.28. The summed E-state index contributed by atoms with van der Waals surface area (Å²) in [5, 5.41) is 3.16. The van der Waals surface area contributed by atoms with Gasteiger partial charge in [0.25, 0.3) is 0 Å². The van der Waals surface area contributed by atoms with Gasteiger partial charge in [-0.2, -0.15) is 0 Å². The summed E-state index contributed by atoms with van der Waals surface area (Å²) in [6, 6.07) is 22.6. The summed E-state index contributed by atoms with van der Waals surface area (Å²) >= 11 is 0. The Bertz CT molecular complexity index is 1500. The van der Waals surface area contributed by atoms with E-state index in [-0.39, 0.29) is 36.4 Å². The molecule has 1 atom stereocenters. The van der Waals surface area contributed by atoms with Crippen molar-refractivity contribution >= 4 is 33.3 Å². The van der Waals surface area contributed by atoms with Crippen LogP contribution in [0.25, 0.3) is 0 Å². The average Bonchev–Trinajstić information content (AvgIpc) is 3.47. The molecular formula is C33H39N3O5S. The lowest BCUT2D eigenvalue weighted by atomic mass is 10.0. The fourth-order valence-corrected chi connectivity index (χ4v) is 6.15. The van der Waals surface area contributed by atoms with Crippen molar-refractivity contribution in [3.63, 3.8) is 0 Å². The van der Waals surface area contributed by atoms with Crippen LogP contribution in [-0.2, 0) is 32.6 Å². The molecule has 0 saturated heterocycles. The SMILES string of the molecule is CC(=O)c1cccc(N(CC(=O)N(Cc2ccc(C)cc2)[C@@H](Cc2ccccc2)C(=O)NC2CCCC2)S(C)(=O)=O)c1. The van der Waals surface area contributed by atoms with Gasteiger partial charge in [-0.15, -0.1) is 0 Å². The first-order chi connectivity index (χ1) is 20.0. The lowest BCUT2D eigenvalue weighted by Crippen LogP contribution is -2.54. The van der Waals surface area contributed by atoms with E-state index in [4.69, 9.17) is 0 Å². The fraction of sp³-hybridized carbons (Fsp3) is 0.364. The van der Waals surface area contributed by atoms with Crippen LogP contribution < -0.4 is 9.62 Å². The number of nitrogens with one attached hydrogen (secondary N) is 1. The predicted octanol–water partition coefficient (Wildman–Crippen LogP) is 4.66. The zero-order valence-corrected chi connectivity index (χ0v) is 25.3. The van der Waals surface area contributed by atoms with Crippen molar-refractivity contribution < 1.29 is 22.8 Å². The van der Waals surface area contributed by atoms with E-state index >= 15 is 0 Å². The minimum atomic E-state index is -3.92. The molecule has 8 nitrogen and oxygen atoms in total. The number of hydrogen-bond donors (Lipinski definition) is 1. The van der Waals surface area contributed by atoms with Crippen LogP contribution >= 0.6 is 0 Å². The molecule has 0 aliphatic heterocycles. The summed E-state index contributed by atoms with van der Waals surface area (Å²) in [5.41, 5.74) is 3.32. The van der Waals surface area contributed by atoms with E-state index in [9.17, 15) is 22.8 Å². The Kier molecular flexibility index (Phi) is 10.2. The Morgan fingerprint density at radius 1 is 0.905 bits per heavy atom. The summed E-state index contributed by atoms with van der Waals surface area (Å²) in [5.74, 6) is -0.989. The summed E-state index contributed by atoms with van der Waals surface area (Å²) in [7, 11) is -3.92. The monoisotopic (exact) mass is 589 g/mol. The van der Waals surface area contributed by atoms with Gasteiger partial charge in [0.1, 0.15) is 12.6 Å². The van der Waals surface area contributed by atoms with Crippen LogP contribution in [0, 0.1) is 6.92 Å². The van der Waals surface area contributed by atoms with Gasteiger partial charge in [-0.05, 0) is 49.9 Å². The van der Waals surface area contributed by atoms with Gasteiger partial charge in [0, 0.05) is 24.6 Å². The van der Waals surface area contributed by atoms with Crippen molar-refractivity contribution in [2.24, 2.45) is 0 Å². The standard InChI is InChI=1S/C33H39N3O5S/c1-24-16-18-27(19-17-24)22-35(31(20-26-10-5-4-6-11-26)33(39)34-29-13-7-8-14-29)32(38)23-36(42(3,40)41)30-15-9-12-28(21-30)25(2)37/h4-6,9-12,15-19,21,29,31H,7-8,13-14,20,22-23H2,1-3H3,(H,34,39)/t31-/m0/s1. The Morgan fingerprint density at radius 3 is 2.19 bits per heavy atom. The van der Waals surface area contributed by atoms with Crippen LogP contribution in [0.1, 0.15) is 59.7 Å². The first kappa shape index (κ1) is 31.0. The molecule has 0 spiro atoms. The van der Waals surface area contributed by atoms with Gasteiger partial charge in [-0.25, -0.2) is 8.42 Å². The van der Waals surface area contributed by atoms with E-state index in [1.165, 1.54) is 17.9 Å². The zero-order valence-electron chi connectivity index (χ0n) is 24.5. The van der Waals surface area contributed by atoms with Crippen molar-refractivity contribution in [1.29, 1.82) is 0 Å². The van der Waals surface area contributed by atoms with Crippen molar-refractivity contribution in [3.05, 3.63) is 101 Å². The van der Waals surface area contributed by atoms with E-state index in [2.05, 4.69) is 5.32 Å². The quantitative estimate of drug-likeness (QED) is 0.310. The minimum Gasteiger partial charge on any atom is -0.352 e. The molecule has 2 amide bonds. The second kappa shape index (κ2) is 13.8. The maximum absolute atomic E-state index is 14.2. The lowest BCUT2D eigenvalue weighted by Gasteiger charge is -2.34. The number of amides is 2. The molecule has 9 heteroatoms. The van der Waals surface area contributed by atoms with E-state index in [0.717, 1.165) is 52.9 Å². The Labute approximate surface area is 248 Å². The van der Waals surface area contributed by atoms with Gasteiger partial charge in [0.2, 0.25) is 21.8 Å². The van der Waals surface area contributed by atoms with Gasteiger partial charge in [-0.1, -0.05) is 85.1 Å². The number of carbonyl (C=O) groups excluding carboxylic acids is 3. The summed E-state index contributed by atoms with van der Waals surface area (Å²) in [4.78, 5) is 41.6. The number of ketones is 1. The number of rotatable bonds is 12. The van der Waals surface area contributed by atoms with E-state index < -0.39 is 28.5 Å². The van der Waals surface area contributed by atoms with Crippen LogP contribution in [0.2, 0.25) is 0 Å². The highest BCUT2D eigenvalue weighted by molar-refractivity contribution is 7.92. The summed E-state index contributed by atoms with van der Waals surface area (Å²) < 4.78 is 27.0. The Hall–Kier alpha value is -3.98. The first-order valence-electron chi connectivity index (χ1n) is 14.3. The molecule has 0 radical (unpaired) electrons. The van der Waals surface area contributed by atoms with Gasteiger partial charge < -0.3 is 10.2 Å². The number of sulfonamides is 1. The van der Waals surface area contributed by atoms with Crippen molar-refractivity contribution in [2.75, 3.05) is 17.1 Å². The number of benzene rings is 3. The number of aryl methyl sites for hydroxylation is 1. The van der Waals surface area contributed by atoms with Gasteiger partial charge in [0.05, 0.1) is 11.9 Å². The molecule has 1 saturated carbocycles. The maximum atomic E-state index is 14.2. The van der Waals surface area contributed by atoms with E-state index in [1.54, 1.807) is 18.2 Å². The molecule has 1 aliphatic rings. The molecule has 222 valence electrons. The largest absolute Gasteiger partial charge is 0.352 e. The lowest BCUT2D eigenvalue weighted by molar-refractivity contribution is -0.140. The smallest absolute Gasteiger partial charge is 0.244 e. The number of nitrogens with zero attached hydrogens (tertiary/aromatic N) is 2. The third-order valence-electron chi connectivity index (χ3n) is 7.67. The molecule has 3 aromatic carbocycles.